The van der Waals surface area contributed by atoms with Gasteiger partial charge in [-0.05, 0) is 48.3 Å². The summed E-state index contributed by atoms with van der Waals surface area (Å²) < 4.78 is 0. The minimum atomic E-state index is 0.0638. The van der Waals surface area contributed by atoms with Gasteiger partial charge in [-0.2, -0.15) is 0 Å². The fraction of sp³-hybridized carbons (Fsp3) is 0.833. The van der Waals surface area contributed by atoms with Gasteiger partial charge in [0, 0.05) is 13.5 Å². The van der Waals surface area contributed by atoms with E-state index >= 15 is 0 Å². The number of carbonyl (C=O) groups is 1. The van der Waals surface area contributed by atoms with Gasteiger partial charge in [-0.25, -0.2) is 5.06 Å². The van der Waals surface area contributed by atoms with Crippen LogP contribution >= 0.6 is 0 Å². The maximum atomic E-state index is 12.3. The number of nitrogens with zero attached hydrogens (tertiary/aromatic N) is 1. The Balaban J connectivity index is 2.25. The Morgan fingerprint density at radius 1 is 1.38 bits per heavy atom. The summed E-state index contributed by atoms with van der Waals surface area (Å²) in [7, 11) is 3.24. The van der Waals surface area contributed by atoms with Gasteiger partial charge in [0.05, 0.1) is 7.11 Å². The number of rotatable bonds is 3. The molecule has 2 aliphatic rings. The summed E-state index contributed by atoms with van der Waals surface area (Å²) in [5.41, 5.74) is 1.85. The van der Waals surface area contributed by atoms with Crippen molar-refractivity contribution in [2.45, 2.75) is 59.3 Å². The molecule has 0 N–H and O–H groups in total. The van der Waals surface area contributed by atoms with Crippen molar-refractivity contribution in [1.29, 1.82) is 0 Å². The van der Waals surface area contributed by atoms with E-state index in [9.17, 15) is 4.79 Å². The molecule has 0 aromatic carbocycles. The topological polar surface area (TPSA) is 29.5 Å². The predicted molar refractivity (Wildman–Crippen MR) is 85.5 cm³/mol. The molecule has 1 amide bonds. The monoisotopic (exact) mass is 293 g/mol. The zero-order valence-corrected chi connectivity index (χ0v) is 14.4. The molecule has 21 heavy (non-hydrogen) atoms. The highest BCUT2D eigenvalue weighted by Gasteiger charge is 2.53. The van der Waals surface area contributed by atoms with Gasteiger partial charge in [-0.15, -0.1) is 0 Å². The fourth-order valence-electron chi connectivity index (χ4n) is 5.06. The lowest BCUT2D eigenvalue weighted by molar-refractivity contribution is -0.172. The van der Waals surface area contributed by atoms with Crippen molar-refractivity contribution in [3.8, 4) is 0 Å². The molecule has 0 aliphatic heterocycles. The van der Waals surface area contributed by atoms with Crippen molar-refractivity contribution in [2.75, 3.05) is 14.2 Å². The van der Waals surface area contributed by atoms with Crippen LogP contribution in [-0.4, -0.2) is 25.1 Å². The van der Waals surface area contributed by atoms with Crippen LogP contribution in [0.2, 0.25) is 0 Å². The first kappa shape index (κ1) is 16.5. The van der Waals surface area contributed by atoms with Gasteiger partial charge >= 0.3 is 0 Å². The first-order valence-electron chi connectivity index (χ1n) is 8.20. The van der Waals surface area contributed by atoms with Crippen LogP contribution in [0.3, 0.4) is 0 Å². The van der Waals surface area contributed by atoms with Crippen LogP contribution in [0, 0.1) is 22.7 Å². The largest absolute Gasteiger partial charge is 0.275 e. The summed E-state index contributed by atoms with van der Waals surface area (Å²) in [4.78, 5) is 17.4. The van der Waals surface area contributed by atoms with Gasteiger partial charge in [-0.3, -0.25) is 9.63 Å². The molecule has 2 rings (SSSR count). The van der Waals surface area contributed by atoms with Gasteiger partial charge in [-0.1, -0.05) is 39.3 Å². The zero-order valence-electron chi connectivity index (χ0n) is 14.4. The van der Waals surface area contributed by atoms with E-state index < -0.39 is 0 Å². The van der Waals surface area contributed by atoms with Crippen LogP contribution in [0.4, 0.5) is 0 Å². The zero-order chi connectivity index (χ0) is 15.8. The summed E-state index contributed by atoms with van der Waals surface area (Å²) in [5, 5.41) is 1.36. The van der Waals surface area contributed by atoms with E-state index in [-0.39, 0.29) is 11.3 Å². The second-order valence-corrected chi connectivity index (χ2v) is 7.93. The Labute approximate surface area is 129 Å². The smallest absolute Gasteiger partial charge is 0.246 e. The Kier molecular flexibility index (Phi) is 4.53. The first-order chi connectivity index (χ1) is 9.72. The van der Waals surface area contributed by atoms with Crippen LogP contribution in [0.15, 0.2) is 12.2 Å². The molecule has 3 heteroatoms. The number of carbonyl (C=O) groups excluding carboxylic acids is 1. The predicted octanol–water partition coefficient (Wildman–Crippen LogP) is 4.20. The van der Waals surface area contributed by atoms with E-state index in [2.05, 4.69) is 27.4 Å². The molecule has 0 radical (unpaired) electrons. The molecular formula is C18H31NO2. The maximum absolute atomic E-state index is 12.3. The minimum Gasteiger partial charge on any atom is -0.275 e. The summed E-state index contributed by atoms with van der Waals surface area (Å²) in [6.07, 6.45) is 6.61. The molecule has 0 saturated heterocycles. The molecule has 2 unspecified atom stereocenters. The number of hydroxylamine groups is 2. The van der Waals surface area contributed by atoms with Crippen LogP contribution in [-0.2, 0) is 9.63 Å². The van der Waals surface area contributed by atoms with Crippen LogP contribution < -0.4 is 0 Å². The van der Waals surface area contributed by atoms with E-state index in [1.165, 1.54) is 36.3 Å². The van der Waals surface area contributed by atoms with E-state index in [0.29, 0.717) is 23.7 Å². The number of allylic oxidation sites excluding steroid dienone is 1. The Bertz CT molecular complexity index is 429. The molecule has 2 fully saturated rings. The Hall–Kier alpha value is -0.830. The number of fused-ring (bicyclic) bond motifs is 1. The number of amides is 1. The van der Waals surface area contributed by atoms with Gasteiger partial charge in [0.15, 0.2) is 0 Å². The average Bonchev–Trinajstić information content (AvgIpc) is 2.40. The second-order valence-electron chi connectivity index (χ2n) is 7.93. The quantitative estimate of drug-likeness (QED) is 0.576. The van der Waals surface area contributed by atoms with Gasteiger partial charge in [0.25, 0.3) is 0 Å². The molecule has 2 saturated carbocycles. The normalized spacial score (nSPS) is 35.2. The lowest BCUT2D eigenvalue weighted by atomic mass is 9.47. The summed E-state index contributed by atoms with van der Waals surface area (Å²) >= 11 is 0. The third kappa shape index (κ3) is 2.90. The van der Waals surface area contributed by atoms with Crippen LogP contribution in [0.1, 0.15) is 59.3 Å². The minimum absolute atomic E-state index is 0.0638. The molecule has 0 bridgehead atoms. The lowest BCUT2D eigenvalue weighted by Gasteiger charge is -2.58. The third-order valence-electron chi connectivity index (χ3n) is 6.32. The van der Waals surface area contributed by atoms with E-state index in [4.69, 9.17) is 4.84 Å². The average molecular weight is 293 g/mol. The van der Waals surface area contributed by atoms with E-state index in [1.807, 2.05) is 0 Å². The van der Waals surface area contributed by atoms with Crippen molar-refractivity contribution in [3.63, 3.8) is 0 Å². The molecule has 0 aromatic rings. The molecule has 3 atom stereocenters. The van der Waals surface area contributed by atoms with Crippen molar-refractivity contribution in [2.24, 2.45) is 22.7 Å². The molecule has 0 spiro atoms. The third-order valence-corrected chi connectivity index (χ3v) is 6.32. The SMILES string of the molecule is C=C1CCC2C(C)(C)CCC[C@]2(C)C1CC(=O)N(C)OC. The van der Waals surface area contributed by atoms with Crippen LogP contribution in [0.25, 0.3) is 0 Å². The summed E-state index contributed by atoms with van der Waals surface area (Å²) in [6.45, 7) is 11.5. The van der Waals surface area contributed by atoms with Crippen molar-refractivity contribution in [1.82, 2.24) is 5.06 Å². The highest BCUT2D eigenvalue weighted by Crippen LogP contribution is 2.61. The Morgan fingerprint density at radius 2 is 2.05 bits per heavy atom. The Morgan fingerprint density at radius 3 is 2.67 bits per heavy atom. The number of hydrogen-bond donors (Lipinski definition) is 0. The van der Waals surface area contributed by atoms with Crippen molar-refractivity contribution in [3.05, 3.63) is 12.2 Å². The molecule has 2 aliphatic carbocycles. The second kappa shape index (κ2) is 5.75. The molecular weight excluding hydrogens is 262 g/mol. The summed E-state index contributed by atoms with van der Waals surface area (Å²) in [5.74, 6) is 1.05. The van der Waals surface area contributed by atoms with E-state index in [1.54, 1.807) is 14.2 Å². The molecule has 120 valence electrons. The van der Waals surface area contributed by atoms with Gasteiger partial charge < -0.3 is 0 Å². The summed E-state index contributed by atoms with van der Waals surface area (Å²) in [6, 6.07) is 0. The first-order valence-corrected chi connectivity index (χ1v) is 8.20. The fourth-order valence-corrected chi connectivity index (χ4v) is 5.06. The molecule has 0 heterocycles. The van der Waals surface area contributed by atoms with Crippen molar-refractivity contribution < 1.29 is 9.63 Å². The van der Waals surface area contributed by atoms with E-state index in [0.717, 1.165) is 6.42 Å². The standard InChI is InChI=1S/C18H31NO2/c1-13-8-9-15-17(2,3)10-7-11-18(15,4)14(13)12-16(20)19(5)21-6/h14-15H,1,7-12H2,2-6H3/t14?,15?,18-/m1/s1. The van der Waals surface area contributed by atoms with Gasteiger partial charge in [0.2, 0.25) is 5.91 Å². The van der Waals surface area contributed by atoms with Crippen molar-refractivity contribution >= 4 is 5.91 Å². The van der Waals surface area contributed by atoms with Gasteiger partial charge in [0.1, 0.15) is 0 Å². The molecule has 3 nitrogen and oxygen atoms in total. The highest BCUT2D eigenvalue weighted by atomic mass is 16.7. The highest BCUT2D eigenvalue weighted by molar-refractivity contribution is 5.75. The van der Waals surface area contributed by atoms with Crippen LogP contribution in [0.5, 0.6) is 0 Å². The molecule has 0 aromatic heterocycles. The maximum Gasteiger partial charge on any atom is 0.246 e. The number of hydrogen-bond acceptors (Lipinski definition) is 2. The lowest BCUT2D eigenvalue weighted by Crippen LogP contribution is -2.50.